The largest absolute Gasteiger partial charge is 0.416 e. The van der Waals surface area contributed by atoms with Gasteiger partial charge in [0.15, 0.2) is 5.03 Å². The van der Waals surface area contributed by atoms with Crippen LogP contribution in [-0.4, -0.2) is 59.7 Å². The van der Waals surface area contributed by atoms with Gasteiger partial charge in [-0.2, -0.15) is 30.6 Å². The number of aromatic amines is 1. The fourth-order valence-electron chi connectivity index (χ4n) is 3.12. The number of rotatable bonds is 3. The number of hydrogen-bond acceptors (Lipinski definition) is 4. The van der Waals surface area contributed by atoms with Crippen LogP contribution in [0, 0.1) is 0 Å². The zero-order valence-corrected chi connectivity index (χ0v) is 16.5. The third kappa shape index (κ3) is 5.01. The molecule has 0 aliphatic carbocycles. The lowest BCUT2D eigenvalue weighted by molar-refractivity contribution is -0.143. The minimum Gasteiger partial charge on any atom is -0.337 e. The second kappa shape index (κ2) is 8.15. The average molecular weight is 470 g/mol. The molecule has 0 bridgehead atoms. The molecule has 1 aromatic heterocycles. The Bertz CT molecular complexity index is 1020. The van der Waals surface area contributed by atoms with Crippen molar-refractivity contribution in [2.45, 2.75) is 23.8 Å². The molecule has 170 valence electrons. The number of halogens is 6. The number of H-pyrrole nitrogens is 1. The van der Waals surface area contributed by atoms with Crippen molar-refractivity contribution in [3.8, 4) is 0 Å². The summed E-state index contributed by atoms with van der Waals surface area (Å²) in [5.74, 6) is -1.04. The van der Waals surface area contributed by atoms with E-state index in [0.29, 0.717) is 12.1 Å². The van der Waals surface area contributed by atoms with E-state index in [9.17, 15) is 39.6 Å². The van der Waals surface area contributed by atoms with E-state index >= 15 is 0 Å². The van der Waals surface area contributed by atoms with Crippen LogP contribution in [0.3, 0.4) is 0 Å². The molecule has 7 nitrogen and oxygen atoms in total. The second-order valence-corrected chi connectivity index (χ2v) is 8.67. The van der Waals surface area contributed by atoms with Gasteiger partial charge in [-0.05, 0) is 24.6 Å². The molecule has 1 aliphatic heterocycles. The van der Waals surface area contributed by atoms with Gasteiger partial charge in [-0.15, -0.1) is 0 Å². The van der Waals surface area contributed by atoms with Crippen molar-refractivity contribution < 1.29 is 39.6 Å². The second-order valence-electron chi connectivity index (χ2n) is 6.76. The molecule has 14 heteroatoms. The number of aromatic nitrogens is 2. The molecule has 1 aliphatic rings. The van der Waals surface area contributed by atoms with Gasteiger partial charge in [0.2, 0.25) is 0 Å². The first kappa shape index (κ1) is 23.1. The van der Waals surface area contributed by atoms with E-state index in [0.717, 1.165) is 15.4 Å². The van der Waals surface area contributed by atoms with Crippen LogP contribution in [0.5, 0.6) is 0 Å². The molecular weight excluding hydrogens is 454 g/mol. The van der Waals surface area contributed by atoms with Crippen LogP contribution in [0.4, 0.5) is 26.3 Å². The molecule has 1 saturated heterocycles. The predicted octanol–water partition coefficient (Wildman–Crippen LogP) is 2.98. The molecule has 1 aromatic carbocycles. The van der Waals surface area contributed by atoms with E-state index in [2.05, 4.69) is 9.97 Å². The number of nitrogens with zero attached hydrogens (tertiary/aromatic N) is 3. The SMILES string of the molecule is O=C(c1cc(C(F)(F)F)cc(C(F)(F)F)c1)N1CCCN(S(=O)(=O)c2cnc[nH]2)CC1. The van der Waals surface area contributed by atoms with Crippen molar-refractivity contribution in [1.82, 2.24) is 19.2 Å². The molecular formula is C17H16F6N4O3S. The van der Waals surface area contributed by atoms with E-state index in [4.69, 9.17) is 0 Å². The number of imidazole rings is 1. The summed E-state index contributed by atoms with van der Waals surface area (Å²) < 4.78 is 104. The first-order chi connectivity index (χ1) is 14.3. The Morgan fingerprint density at radius 2 is 1.55 bits per heavy atom. The van der Waals surface area contributed by atoms with Crippen LogP contribution in [0.15, 0.2) is 35.7 Å². The molecule has 1 fully saturated rings. The first-order valence-electron chi connectivity index (χ1n) is 8.87. The van der Waals surface area contributed by atoms with Crippen LogP contribution < -0.4 is 0 Å². The average Bonchev–Trinajstić information content (AvgIpc) is 3.11. The Hall–Kier alpha value is -2.61. The molecule has 3 rings (SSSR count). The molecule has 1 N–H and O–H groups in total. The van der Waals surface area contributed by atoms with E-state index in [-0.39, 0.29) is 43.7 Å². The summed E-state index contributed by atoms with van der Waals surface area (Å²) in [6.07, 6.45) is -7.74. The van der Waals surface area contributed by atoms with Gasteiger partial charge in [0.05, 0.1) is 23.7 Å². The molecule has 31 heavy (non-hydrogen) atoms. The molecule has 0 saturated carbocycles. The fourth-order valence-corrected chi connectivity index (χ4v) is 4.49. The number of alkyl halides is 6. The van der Waals surface area contributed by atoms with Gasteiger partial charge in [-0.25, -0.2) is 13.4 Å². The zero-order valence-electron chi connectivity index (χ0n) is 15.7. The minimum atomic E-state index is -5.08. The number of sulfonamides is 1. The number of nitrogens with one attached hydrogen (secondary N) is 1. The van der Waals surface area contributed by atoms with Gasteiger partial charge in [0.1, 0.15) is 0 Å². The smallest absolute Gasteiger partial charge is 0.337 e. The van der Waals surface area contributed by atoms with E-state index in [1.807, 2.05) is 0 Å². The van der Waals surface area contributed by atoms with Crippen LogP contribution in [0.1, 0.15) is 27.9 Å². The van der Waals surface area contributed by atoms with Crippen molar-refractivity contribution >= 4 is 15.9 Å². The van der Waals surface area contributed by atoms with Crippen molar-refractivity contribution in [3.63, 3.8) is 0 Å². The van der Waals surface area contributed by atoms with Crippen LogP contribution in [0.25, 0.3) is 0 Å². The first-order valence-corrected chi connectivity index (χ1v) is 10.3. The number of carbonyl (C=O) groups excluding carboxylic acids is 1. The van der Waals surface area contributed by atoms with E-state index < -0.39 is 45.0 Å². The number of benzene rings is 1. The van der Waals surface area contributed by atoms with Gasteiger partial charge < -0.3 is 9.88 Å². The van der Waals surface area contributed by atoms with Crippen molar-refractivity contribution in [1.29, 1.82) is 0 Å². The molecule has 1 amide bonds. The quantitative estimate of drug-likeness (QED) is 0.699. The fraction of sp³-hybridized carbons (Fsp3) is 0.412. The lowest BCUT2D eigenvalue weighted by Gasteiger charge is -2.22. The molecule has 2 aromatic rings. The standard InChI is InChI=1S/C17H16F6N4O3S/c18-16(19,20)12-6-11(7-13(8-12)17(21,22)23)15(28)26-2-1-3-27(5-4-26)31(29,30)14-9-24-10-25-14/h6-10H,1-5H2,(H,24,25). The Labute approximate surface area is 172 Å². The normalized spacial score (nSPS) is 16.9. The molecule has 0 unspecified atom stereocenters. The third-order valence-corrected chi connectivity index (χ3v) is 6.49. The summed E-state index contributed by atoms with van der Waals surface area (Å²) in [6.45, 7) is -0.408. The summed E-state index contributed by atoms with van der Waals surface area (Å²) in [7, 11) is -3.93. The highest BCUT2D eigenvalue weighted by Crippen LogP contribution is 2.36. The minimum absolute atomic E-state index is 0.0154. The highest BCUT2D eigenvalue weighted by atomic mass is 32.2. The molecule has 0 radical (unpaired) electrons. The Morgan fingerprint density at radius 3 is 2.06 bits per heavy atom. The Balaban J connectivity index is 1.85. The zero-order chi connectivity index (χ0) is 23.0. The van der Waals surface area contributed by atoms with Crippen molar-refractivity contribution in [2.75, 3.05) is 26.2 Å². The predicted molar refractivity (Wildman–Crippen MR) is 94.3 cm³/mol. The lowest BCUT2D eigenvalue weighted by Crippen LogP contribution is -2.37. The molecule has 0 spiro atoms. The summed E-state index contributed by atoms with van der Waals surface area (Å²) in [5, 5.41) is -0.167. The monoisotopic (exact) mass is 470 g/mol. The lowest BCUT2D eigenvalue weighted by atomic mass is 10.0. The topological polar surface area (TPSA) is 86.4 Å². The van der Waals surface area contributed by atoms with Gasteiger partial charge >= 0.3 is 12.4 Å². The van der Waals surface area contributed by atoms with Crippen LogP contribution >= 0.6 is 0 Å². The molecule has 0 atom stereocenters. The highest BCUT2D eigenvalue weighted by molar-refractivity contribution is 7.89. The van der Waals surface area contributed by atoms with Gasteiger partial charge in [0, 0.05) is 31.7 Å². The van der Waals surface area contributed by atoms with Crippen molar-refractivity contribution in [2.24, 2.45) is 0 Å². The Morgan fingerprint density at radius 1 is 0.935 bits per heavy atom. The van der Waals surface area contributed by atoms with Crippen molar-refractivity contribution in [3.05, 3.63) is 47.4 Å². The van der Waals surface area contributed by atoms with Gasteiger partial charge in [-0.1, -0.05) is 0 Å². The summed E-state index contributed by atoms with van der Waals surface area (Å²) in [5.41, 5.74) is -3.96. The third-order valence-electron chi connectivity index (χ3n) is 4.67. The maximum absolute atomic E-state index is 13.1. The summed E-state index contributed by atoms with van der Waals surface area (Å²) >= 11 is 0. The maximum atomic E-state index is 13.1. The highest BCUT2D eigenvalue weighted by Gasteiger charge is 2.38. The summed E-state index contributed by atoms with van der Waals surface area (Å²) in [6, 6.07) is 0.668. The van der Waals surface area contributed by atoms with Crippen LogP contribution in [0.2, 0.25) is 0 Å². The number of amides is 1. The Kier molecular flexibility index (Phi) is 6.06. The number of carbonyl (C=O) groups is 1. The van der Waals surface area contributed by atoms with Crippen LogP contribution in [-0.2, 0) is 22.4 Å². The summed E-state index contributed by atoms with van der Waals surface area (Å²) in [4.78, 5) is 19.8. The maximum Gasteiger partial charge on any atom is 0.416 e. The van der Waals surface area contributed by atoms with Gasteiger partial charge in [-0.3, -0.25) is 4.79 Å². The van der Waals surface area contributed by atoms with E-state index in [1.54, 1.807) is 0 Å². The molecule has 2 heterocycles. The number of hydrogen-bond donors (Lipinski definition) is 1. The van der Waals surface area contributed by atoms with E-state index in [1.165, 1.54) is 6.33 Å². The van der Waals surface area contributed by atoms with Gasteiger partial charge in [0.25, 0.3) is 15.9 Å².